The van der Waals surface area contributed by atoms with Gasteiger partial charge in [0.2, 0.25) is 0 Å². The largest absolute Gasteiger partial charge is 0.495 e. The first kappa shape index (κ1) is 15.3. The van der Waals surface area contributed by atoms with E-state index in [0.717, 1.165) is 0 Å². The number of ether oxygens (including phenoxy) is 2. The lowest BCUT2D eigenvalue weighted by molar-refractivity contribution is 0.183. The molecular weight excluding hydrogens is 294 g/mol. The predicted molar refractivity (Wildman–Crippen MR) is 77.9 cm³/mol. The summed E-state index contributed by atoms with van der Waals surface area (Å²) in [4.78, 5) is 0.0807. The Morgan fingerprint density at radius 2 is 2.05 bits per heavy atom. The van der Waals surface area contributed by atoms with Crippen LogP contribution in [0.2, 0.25) is 0 Å². The molecule has 0 amide bonds. The van der Waals surface area contributed by atoms with Crippen LogP contribution in [0.1, 0.15) is 0 Å². The van der Waals surface area contributed by atoms with Crippen molar-refractivity contribution in [2.75, 3.05) is 25.5 Å². The van der Waals surface area contributed by atoms with Crippen molar-refractivity contribution in [3.63, 3.8) is 0 Å². The number of sulfonamides is 1. The number of anilines is 1. The normalized spacial score (nSPS) is 11.3. The molecule has 0 atom stereocenters. The summed E-state index contributed by atoms with van der Waals surface area (Å²) in [7, 11) is -0.703. The van der Waals surface area contributed by atoms with Crippen LogP contribution >= 0.6 is 0 Å². The number of nitrogens with one attached hydrogen (secondary N) is 1. The Labute approximate surface area is 123 Å². The second-order valence-corrected chi connectivity index (χ2v) is 5.89. The number of hydrogen-bond donors (Lipinski definition) is 1. The zero-order valence-electron chi connectivity index (χ0n) is 11.8. The highest BCUT2D eigenvalue weighted by atomic mass is 32.2. The van der Waals surface area contributed by atoms with Crippen molar-refractivity contribution < 1.29 is 17.9 Å². The van der Waals surface area contributed by atoms with Crippen LogP contribution in [0.15, 0.2) is 41.6 Å². The molecule has 8 heteroatoms. The highest BCUT2D eigenvalue weighted by Gasteiger charge is 2.19. The topological polar surface area (TPSA) is 82.5 Å². The molecule has 0 aliphatic carbocycles. The zero-order chi connectivity index (χ0) is 15.3. The zero-order valence-corrected chi connectivity index (χ0v) is 12.6. The Balaban J connectivity index is 2.19. The molecule has 114 valence electrons. The molecule has 2 rings (SSSR count). The second-order valence-electron chi connectivity index (χ2n) is 4.24. The number of hydrogen-bond acceptors (Lipinski definition) is 5. The summed E-state index contributed by atoms with van der Waals surface area (Å²) in [5, 5.41) is 4.05. The third kappa shape index (κ3) is 3.73. The van der Waals surface area contributed by atoms with Gasteiger partial charge in [-0.15, -0.1) is 0 Å². The fraction of sp³-hybridized carbons (Fsp3) is 0.308. The van der Waals surface area contributed by atoms with Crippen LogP contribution in [-0.2, 0) is 21.3 Å². The second kappa shape index (κ2) is 6.59. The molecule has 1 aromatic heterocycles. The van der Waals surface area contributed by atoms with Gasteiger partial charge in [0.1, 0.15) is 10.6 Å². The third-order valence-electron chi connectivity index (χ3n) is 2.77. The maximum absolute atomic E-state index is 12.4. The van der Waals surface area contributed by atoms with Gasteiger partial charge in [-0.25, -0.2) is 8.42 Å². The van der Waals surface area contributed by atoms with Crippen LogP contribution in [0.4, 0.5) is 5.69 Å². The quantitative estimate of drug-likeness (QED) is 0.834. The lowest BCUT2D eigenvalue weighted by Gasteiger charge is -2.09. The van der Waals surface area contributed by atoms with Crippen molar-refractivity contribution in [1.82, 2.24) is 9.78 Å². The molecule has 1 aromatic carbocycles. The Morgan fingerprint density at radius 1 is 1.29 bits per heavy atom. The SMILES string of the molecule is COCCn1cc(NS(=O)(=O)c2ccccc2OC)cn1. The minimum Gasteiger partial charge on any atom is -0.495 e. The van der Waals surface area contributed by atoms with Gasteiger partial charge in [-0.2, -0.15) is 5.10 Å². The fourth-order valence-corrected chi connectivity index (χ4v) is 2.97. The van der Waals surface area contributed by atoms with Crippen molar-refractivity contribution in [3.8, 4) is 5.75 Å². The third-order valence-corrected chi connectivity index (χ3v) is 4.19. The summed E-state index contributed by atoms with van der Waals surface area (Å²) in [5.41, 5.74) is 0.386. The molecular formula is C13H17N3O4S. The molecule has 1 N–H and O–H groups in total. The van der Waals surface area contributed by atoms with Crippen molar-refractivity contribution >= 4 is 15.7 Å². The summed E-state index contributed by atoms with van der Waals surface area (Å²) < 4.78 is 38.8. The van der Waals surface area contributed by atoms with E-state index in [9.17, 15) is 8.42 Å². The van der Waals surface area contributed by atoms with E-state index in [-0.39, 0.29) is 10.6 Å². The van der Waals surface area contributed by atoms with Gasteiger partial charge >= 0.3 is 0 Å². The predicted octanol–water partition coefficient (Wildman–Crippen LogP) is 1.34. The van der Waals surface area contributed by atoms with E-state index in [1.807, 2.05) is 0 Å². The van der Waals surface area contributed by atoms with E-state index < -0.39 is 10.0 Å². The molecule has 0 unspecified atom stereocenters. The van der Waals surface area contributed by atoms with Crippen LogP contribution < -0.4 is 9.46 Å². The Kier molecular flexibility index (Phi) is 4.81. The first-order chi connectivity index (χ1) is 10.1. The van der Waals surface area contributed by atoms with E-state index in [1.54, 1.807) is 36.2 Å². The molecule has 0 saturated heterocycles. The molecule has 0 radical (unpaired) electrons. The van der Waals surface area contributed by atoms with Gasteiger partial charge in [0.05, 0.1) is 32.1 Å². The summed E-state index contributed by atoms with van der Waals surface area (Å²) in [6, 6.07) is 6.42. The van der Waals surface area contributed by atoms with Crippen LogP contribution in [0.25, 0.3) is 0 Å². The standard InChI is InChI=1S/C13H17N3O4S/c1-19-8-7-16-10-11(9-14-16)15-21(17,18)13-6-4-3-5-12(13)20-2/h3-6,9-10,15H,7-8H2,1-2H3. The van der Waals surface area contributed by atoms with Gasteiger partial charge in [0.15, 0.2) is 0 Å². The summed E-state index contributed by atoms with van der Waals surface area (Å²) in [6.07, 6.45) is 3.05. The molecule has 0 aliphatic rings. The monoisotopic (exact) mass is 311 g/mol. The van der Waals surface area contributed by atoms with E-state index in [1.165, 1.54) is 19.4 Å². The van der Waals surface area contributed by atoms with Crippen molar-refractivity contribution in [1.29, 1.82) is 0 Å². The van der Waals surface area contributed by atoms with Crippen LogP contribution in [0, 0.1) is 0 Å². The molecule has 0 bridgehead atoms. The number of rotatable bonds is 7. The lowest BCUT2D eigenvalue weighted by atomic mass is 10.3. The van der Waals surface area contributed by atoms with Crippen molar-refractivity contribution in [2.45, 2.75) is 11.4 Å². The molecule has 0 fully saturated rings. The van der Waals surface area contributed by atoms with Crippen LogP contribution in [0.5, 0.6) is 5.75 Å². The van der Waals surface area contributed by atoms with E-state index in [2.05, 4.69) is 9.82 Å². The van der Waals surface area contributed by atoms with Gasteiger partial charge in [0.25, 0.3) is 10.0 Å². The van der Waals surface area contributed by atoms with Gasteiger partial charge in [-0.3, -0.25) is 9.40 Å². The minimum atomic E-state index is -3.72. The Bertz CT molecular complexity index is 697. The fourth-order valence-electron chi connectivity index (χ4n) is 1.77. The maximum Gasteiger partial charge on any atom is 0.265 e. The number of methoxy groups -OCH3 is 2. The molecule has 0 spiro atoms. The van der Waals surface area contributed by atoms with Crippen LogP contribution in [0.3, 0.4) is 0 Å². The molecule has 0 saturated carbocycles. The Hall–Kier alpha value is -2.06. The van der Waals surface area contributed by atoms with Crippen molar-refractivity contribution in [3.05, 3.63) is 36.7 Å². The van der Waals surface area contributed by atoms with E-state index in [0.29, 0.717) is 18.8 Å². The number of aromatic nitrogens is 2. The average Bonchev–Trinajstić information content (AvgIpc) is 2.91. The number of nitrogens with zero attached hydrogens (tertiary/aromatic N) is 2. The molecule has 2 aromatic rings. The lowest BCUT2D eigenvalue weighted by Crippen LogP contribution is -2.13. The van der Waals surface area contributed by atoms with Crippen molar-refractivity contribution in [2.24, 2.45) is 0 Å². The maximum atomic E-state index is 12.4. The highest BCUT2D eigenvalue weighted by molar-refractivity contribution is 7.92. The first-order valence-electron chi connectivity index (χ1n) is 6.24. The summed E-state index contributed by atoms with van der Waals surface area (Å²) in [5.74, 6) is 0.289. The average molecular weight is 311 g/mol. The summed E-state index contributed by atoms with van der Waals surface area (Å²) in [6.45, 7) is 1.05. The minimum absolute atomic E-state index is 0.0807. The first-order valence-corrected chi connectivity index (χ1v) is 7.72. The number of benzene rings is 1. The van der Waals surface area contributed by atoms with E-state index in [4.69, 9.17) is 9.47 Å². The Morgan fingerprint density at radius 3 is 2.76 bits per heavy atom. The van der Waals surface area contributed by atoms with Gasteiger partial charge in [0, 0.05) is 13.3 Å². The van der Waals surface area contributed by atoms with Gasteiger partial charge < -0.3 is 9.47 Å². The highest BCUT2D eigenvalue weighted by Crippen LogP contribution is 2.24. The molecule has 1 heterocycles. The van der Waals surface area contributed by atoms with Gasteiger partial charge in [-0.05, 0) is 12.1 Å². The smallest absolute Gasteiger partial charge is 0.265 e. The van der Waals surface area contributed by atoms with Crippen LogP contribution in [-0.4, -0.2) is 39.0 Å². The molecule has 21 heavy (non-hydrogen) atoms. The number of para-hydroxylation sites is 1. The van der Waals surface area contributed by atoms with Gasteiger partial charge in [-0.1, -0.05) is 12.1 Å². The molecule has 7 nitrogen and oxygen atoms in total. The van der Waals surface area contributed by atoms with E-state index >= 15 is 0 Å². The molecule has 0 aliphatic heterocycles. The summed E-state index contributed by atoms with van der Waals surface area (Å²) >= 11 is 0.